The molecule has 1 aliphatic carbocycles. The molecule has 1 aromatic rings. The number of amides is 1. The predicted octanol–water partition coefficient (Wildman–Crippen LogP) is 2.84. The van der Waals surface area contributed by atoms with Crippen LogP contribution < -0.4 is 10.6 Å². The minimum absolute atomic E-state index is 0.0550. The Bertz CT molecular complexity index is 424. The molecule has 1 aromatic carbocycles. The standard InChI is InChI=1S/C15H21ClN2O/c1-17-11-14(19)18-15(9-3-2-4-10-15)12-5-7-13(16)8-6-12/h5-8,17H,2-4,9-11H2,1H3,(H,18,19). The van der Waals surface area contributed by atoms with Gasteiger partial charge in [-0.2, -0.15) is 0 Å². The molecular formula is C15H21ClN2O. The van der Waals surface area contributed by atoms with Crippen LogP contribution in [0.4, 0.5) is 0 Å². The predicted molar refractivity (Wildman–Crippen MR) is 78.3 cm³/mol. The van der Waals surface area contributed by atoms with Gasteiger partial charge in [-0.25, -0.2) is 0 Å². The Kier molecular flexibility index (Phi) is 4.83. The van der Waals surface area contributed by atoms with Gasteiger partial charge in [-0.15, -0.1) is 0 Å². The van der Waals surface area contributed by atoms with E-state index in [0.717, 1.165) is 30.7 Å². The lowest BCUT2D eigenvalue weighted by Gasteiger charge is -2.38. The fraction of sp³-hybridized carbons (Fsp3) is 0.533. The lowest BCUT2D eigenvalue weighted by Crippen LogP contribution is -2.49. The van der Waals surface area contributed by atoms with Gasteiger partial charge in [0.1, 0.15) is 0 Å². The van der Waals surface area contributed by atoms with Crippen LogP contribution in [0.2, 0.25) is 5.02 Å². The van der Waals surface area contributed by atoms with Crippen LogP contribution in [0.5, 0.6) is 0 Å². The van der Waals surface area contributed by atoms with Crippen molar-refractivity contribution in [3.8, 4) is 0 Å². The first-order valence-corrected chi connectivity index (χ1v) is 7.26. The second-order valence-electron chi connectivity index (χ2n) is 5.23. The van der Waals surface area contributed by atoms with E-state index in [-0.39, 0.29) is 11.4 Å². The van der Waals surface area contributed by atoms with Crippen molar-refractivity contribution in [1.29, 1.82) is 0 Å². The topological polar surface area (TPSA) is 41.1 Å². The van der Waals surface area contributed by atoms with Crippen molar-refractivity contribution < 1.29 is 4.79 Å². The van der Waals surface area contributed by atoms with Gasteiger partial charge in [0.05, 0.1) is 12.1 Å². The molecule has 4 heteroatoms. The summed E-state index contributed by atoms with van der Waals surface area (Å²) in [6.45, 7) is 0.356. The van der Waals surface area contributed by atoms with E-state index < -0.39 is 0 Å². The Morgan fingerprint density at radius 1 is 1.21 bits per heavy atom. The first-order chi connectivity index (χ1) is 9.16. The van der Waals surface area contributed by atoms with E-state index in [9.17, 15) is 4.79 Å². The minimum Gasteiger partial charge on any atom is -0.345 e. The summed E-state index contributed by atoms with van der Waals surface area (Å²) in [4.78, 5) is 12.0. The van der Waals surface area contributed by atoms with Crippen LogP contribution in [-0.4, -0.2) is 19.5 Å². The summed E-state index contributed by atoms with van der Waals surface area (Å²) in [5.74, 6) is 0.0550. The summed E-state index contributed by atoms with van der Waals surface area (Å²) in [6, 6.07) is 7.87. The van der Waals surface area contributed by atoms with Crippen molar-refractivity contribution >= 4 is 17.5 Å². The maximum atomic E-state index is 12.0. The number of carbonyl (C=O) groups is 1. The van der Waals surface area contributed by atoms with Crippen LogP contribution in [0, 0.1) is 0 Å². The Balaban J connectivity index is 2.23. The summed E-state index contributed by atoms with van der Waals surface area (Å²) in [5, 5.41) is 6.86. The lowest BCUT2D eigenvalue weighted by molar-refractivity contribution is -0.122. The van der Waals surface area contributed by atoms with Crippen molar-refractivity contribution in [1.82, 2.24) is 10.6 Å². The highest BCUT2D eigenvalue weighted by atomic mass is 35.5. The zero-order valence-electron chi connectivity index (χ0n) is 11.3. The zero-order chi connectivity index (χ0) is 13.7. The third-order valence-corrected chi connectivity index (χ3v) is 4.07. The Morgan fingerprint density at radius 3 is 2.42 bits per heavy atom. The third-order valence-electron chi connectivity index (χ3n) is 3.82. The summed E-state index contributed by atoms with van der Waals surface area (Å²) in [6.07, 6.45) is 5.57. The van der Waals surface area contributed by atoms with Gasteiger partial charge in [0.2, 0.25) is 5.91 Å². The van der Waals surface area contributed by atoms with Gasteiger partial charge in [0, 0.05) is 5.02 Å². The largest absolute Gasteiger partial charge is 0.345 e. The highest BCUT2D eigenvalue weighted by Crippen LogP contribution is 2.37. The summed E-state index contributed by atoms with van der Waals surface area (Å²) in [5.41, 5.74) is 0.956. The first kappa shape index (κ1) is 14.4. The number of carbonyl (C=O) groups excluding carboxylic acids is 1. The Morgan fingerprint density at radius 2 is 1.84 bits per heavy atom. The summed E-state index contributed by atoms with van der Waals surface area (Å²) >= 11 is 5.95. The number of benzene rings is 1. The second kappa shape index (κ2) is 6.40. The molecule has 0 saturated heterocycles. The Labute approximate surface area is 119 Å². The normalized spacial score (nSPS) is 18.0. The molecule has 0 spiro atoms. The van der Waals surface area contributed by atoms with Gasteiger partial charge in [0.15, 0.2) is 0 Å². The quantitative estimate of drug-likeness (QED) is 0.890. The number of nitrogens with one attached hydrogen (secondary N) is 2. The molecule has 0 radical (unpaired) electrons. The molecule has 19 heavy (non-hydrogen) atoms. The van der Waals surface area contributed by atoms with E-state index >= 15 is 0 Å². The fourth-order valence-corrected chi connectivity index (χ4v) is 3.01. The number of hydrogen-bond acceptors (Lipinski definition) is 2. The van der Waals surface area contributed by atoms with Crippen molar-refractivity contribution in [2.45, 2.75) is 37.6 Å². The number of likely N-dealkylation sites (N-methyl/N-ethyl adjacent to an activating group) is 1. The summed E-state index contributed by atoms with van der Waals surface area (Å²) < 4.78 is 0. The molecule has 1 fully saturated rings. The molecule has 1 aliphatic rings. The van der Waals surface area contributed by atoms with Crippen LogP contribution in [0.3, 0.4) is 0 Å². The van der Waals surface area contributed by atoms with E-state index in [1.54, 1.807) is 7.05 Å². The maximum Gasteiger partial charge on any atom is 0.234 e. The molecule has 0 aromatic heterocycles. The smallest absolute Gasteiger partial charge is 0.234 e. The van der Waals surface area contributed by atoms with Gasteiger partial charge < -0.3 is 10.6 Å². The van der Waals surface area contributed by atoms with Gasteiger partial charge in [-0.05, 0) is 37.6 Å². The SMILES string of the molecule is CNCC(=O)NC1(c2ccc(Cl)cc2)CCCCC1. The van der Waals surface area contributed by atoms with Crippen LogP contribution in [0.25, 0.3) is 0 Å². The highest BCUT2D eigenvalue weighted by molar-refractivity contribution is 6.30. The molecule has 3 nitrogen and oxygen atoms in total. The van der Waals surface area contributed by atoms with Crippen LogP contribution in [0.15, 0.2) is 24.3 Å². The third kappa shape index (κ3) is 3.48. The fourth-order valence-electron chi connectivity index (χ4n) is 2.88. The molecule has 2 N–H and O–H groups in total. The first-order valence-electron chi connectivity index (χ1n) is 6.88. The molecule has 104 valence electrons. The van der Waals surface area contributed by atoms with Gasteiger partial charge >= 0.3 is 0 Å². The molecule has 0 aliphatic heterocycles. The molecule has 0 unspecified atom stereocenters. The van der Waals surface area contributed by atoms with Crippen LogP contribution >= 0.6 is 11.6 Å². The van der Waals surface area contributed by atoms with Crippen LogP contribution in [0.1, 0.15) is 37.7 Å². The number of hydrogen-bond donors (Lipinski definition) is 2. The van der Waals surface area contributed by atoms with Crippen molar-refractivity contribution in [3.63, 3.8) is 0 Å². The number of halogens is 1. The summed E-state index contributed by atoms with van der Waals surface area (Å²) in [7, 11) is 1.79. The van der Waals surface area contributed by atoms with Gasteiger partial charge in [0.25, 0.3) is 0 Å². The average molecular weight is 281 g/mol. The Hall–Kier alpha value is -1.06. The van der Waals surface area contributed by atoms with E-state index in [1.807, 2.05) is 24.3 Å². The number of rotatable bonds is 4. The second-order valence-corrected chi connectivity index (χ2v) is 5.66. The molecule has 0 bridgehead atoms. The van der Waals surface area contributed by atoms with Crippen molar-refractivity contribution in [2.75, 3.05) is 13.6 Å². The minimum atomic E-state index is -0.212. The monoisotopic (exact) mass is 280 g/mol. The van der Waals surface area contributed by atoms with Crippen LogP contribution in [-0.2, 0) is 10.3 Å². The highest BCUT2D eigenvalue weighted by Gasteiger charge is 2.34. The van der Waals surface area contributed by atoms with Crippen molar-refractivity contribution in [3.05, 3.63) is 34.9 Å². The van der Waals surface area contributed by atoms with Gasteiger partial charge in [-0.1, -0.05) is 43.0 Å². The molecule has 2 rings (SSSR count). The molecule has 1 amide bonds. The van der Waals surface area contributed by atoms with E-state index in [4.69, 9.17) is 11.6 Å². The molecule has 1 saturated carbocycles. The lowest BCUT2D eigenvalue weighted by atomic mass is 9.76. The van der Waals surface area contributed by atoms with Crippen molar-refractivity contribution in [2.24, 2.45) is 0 Å². The molecule has 0 atom stereocenters. The van der Waals surface area contributed by atoms with E-state index in [0.29, 0.717) is 6.54 Å². The molecule has 0 heterocycles. The maximum absolute atomic E-state index is 12.0. The van der Waals surface area contributed by atoms with Gasteiger partial charge in [-0.3, -0.25) is 4.79 Å². The zero-order valence-corrected chi connectivity index (χ0v) is 12.1. The van der Waals surface area contributed by atoms with E-state index in [2.05, 4.69) is 10.6 Å². The average Bonchev–Trinajstić information content (AvgIpc) is 2.40. The molecular weight excluding hydrogens is 260 g/mol. The van der Waals surface area contributed by atoms with E-state index in [1.165, 1.54) is 12.0 Å².